The van der Waals surface area contributed by atoms with E-state index < -0.39 is 0 Å². The van der Waals surface area contributed by atoms with E-state index in [1.807, 2.05) is 0 Å². The molecule has 1 heterocycles. The van der Waals surface area contributed by atoms with E-state index in [9.17, 15) is 0 Å². The summed E-state index contributed by atoms with van der Waals surface area (Å²) in [6, 6.07) is 0.748. The van der Waals surface area contributed by atoms with Crippen LogP contribution in [0.15, 0.2) is 0 Å². The molecule has 0 aromatic carbocycles. The third kappa shape index (κ3) is 4.34. The Bertz CT molecular complexity index is 144. The van der Waals surface area contributed by atoms with Crippen LogP contribution < -0.4 is 5.32 Å². The summed E-state index contributed by atoms with van der Waals surface area (Å²) >= 11 is 2.05. The average molecular weight is 203 g/mol. The molecule has 0 bridgehead atoms. The Morgan fingerprint density at radius 2 is 2.31 bits per heavy atom. The minimum Gasteiger partial charge on any atom is -0.379 e. The van der Waals surface area contributed by atoms with Crippen LogP contribution in [0.3, 0.4) is 0 Å². The first-order chi connectivity index (χ1) is 6.14. The minimum absolute atomic E-state index is 0.0265. The Hall–Kier alpha value is 0.270. The molecule has 1 saturated heterocycles. The van der Waals surface area contributed by atoms with E-state index in [0.29, 0.717) is 0 Å². The Balaban J connectivity index is 2.06. The van der Waals surface area contributed by atoms with Crippen LogP contribution in [0.25, 0.3) is 0 Å². The second kappa shape index (κ2) is 5.23. The largest absolute Gasteiger partial charge is 0.379 e. The zero-order chi connectivity index (χ0) is 9.73. The molecule has 0 saturated carbocycles. The van der Waals surface area contributed by atoms with Crippen molar-refractivity contribution in [2.45, 2.75) is 38.3 Å². The lowest BCUT2D eigenvalue weighted by Gasteiger charge is -2.23. The van der Waals surface area contributed by atoms with E-state index in [1.54, 1.807) is 7.11 Å². The van der Waals surface area contributed by atoms with Gasteiger partial charge in [-0.15, -0.1) is 0 Å². The molecular formula is C10H21NOS. The van der Waals surface area contributed by atoms with Crippen LogP contribution in [0.1, 0.15) is 26.7 Å². The van der Waals surface area contributed by atoms with Gasteiger partial charge in [-0.25, -0.2) is 0 Å². The zero-order valence-electron chi connectivity index (χ0n) is 8.93. The Kier molecular flexibility index (Phi) is 4.56. The fraction of sp³-hybridized carbons (Fsp3) is 1.00. The van der Waals surface area contributed by atoms with Crippen molar-refractivity contribution in [2.75, 3.05) is 25.2 Å². The molecule has 1 unspecified atom stereocenters. The molecule has 2 nitrogen and oxygen atoms in total. The van der Waals surface area contributed by atoms with Crippen LogP contribution in [-0.4, -0.2) is 36.8 Å². The average Bonchev–Trinajstić information content (AvgIpc) is 2.57. The lowest BCUT2D eigenvalue weighted by molar-refractivity contribution is 0.0155. The highest BCUT2D eigenvalue weighted by Gasteiger charge is 2.18. The molecule has 1 rings (SSSR count). The molecule has 1 N–H and O–H groups in total. The van der Waals surface area contributed by atoms with E-state index in [1.165, 1.54) is 17.9 Å². The van der Waals surface area contributed by atoms with Gasteiger partial charge in [0.15, 0.2) is 0 Å². The summed E-state index contributed by atoms with van der Waals surface area (Å²) < 4.78 is 5.36. The second-order valence-corrected chi connectivity index (χ2v) is 5.38. The molecule has 0 radical (unpaired) electrons. The van der Waals surface area contributed by atoms with Gasteiger partial charge in [0.25, 0.3) is 0 Å². The van der Waals surface area contributed by atoms with E-state index in [4.69, 9.17) is 4.74 Å². The van der Waals surface area contributed by atoms with Gasteiger partial charge < -0.3 is 10.1 Å². The summed E-state index contributed by atoms with van der Waals surface area (Å²) in [5.74, 6) is 2.61. The van der Waals surface area contributed by atoms with Gasteiger partial charge in [-0.3, -0.25) is 0 Å². The summed E-state index contributed by atoms with van der Waals surface area (Å²) in [5.41, 5.74) is 0.0265. The van der Waals surface area contributed by atoms with Crippen molar-refractivity contribution in [1.29, 1.82) is 0 Å². The first-order valence-corrected chi connectivity index (χ1v) is 6.16. The van der Waals surface area contributed by atoms with Crippen LogP contribution in [0.4, 0.5) is 0 Å². The highest BCUT2D eigenvalue weighted by molar-refractivity contribution is 7.99. The Labute approximate surface area is 85.8 Å². The fourth-order valence-corrected chi connectivity index (χ4v) is 2.56. The molecule has 3 heteroatoms. The standard InChI is InChI=1S/C10H21NOS/c1-10(2,12-3)5-6-11-9-4-7-13-8-9/h9,11H,4-8H2,1-3H3. The van der Waals surface area contributed by atoms with Gasteiger partial charge >= 0.3 is 0 Å². The zero-order valence-corrected chi connectivity index (χ0v) is 9.75. The van der Waals surface area contributed by atoms with Crippen molar-refractivity contribution in [2.24, 2.45) is 0 Å². The number of rotatable bonds is 5. The predicted molar refractivity (Wildman–Crippen MR) is 59.4 cm³/mol. The van der Waals surface area contributed by atoms with Crippen LogP contribution >= 0.6 is 11.8 Å². The molecular weight excluding hydrogens is 182 g/mol. The number of hydrogen-bond donors (Lipinski definition) is 1. The maximum Gasteiger partial charge on any atom is 0.0634 e. The van der Waals surface area contributed by atoms with Crippen molar-refractivity contribution in [3.05, 3.63) is 0 Å². The number of hydrogen-bond acceptors (Lipinski definition) is 3. The van der Waals surface area contributed by atoms with Crippen molar-refractivity contribution >= 4 is 11.8 Å². The third-order valence-electron chi connectivity index (χ3n) is 2.64. The predicted octanol–water partition coefficient (Wildman–Crippen LogP) is 1.90. The SMILES string of the molecule is COC(C)(C)CCNC1CCSC1. The van der Waals surface area contributed by atoms with Crippen molar-refractivity contribution in [3.8, 4) is 0 Å². The molecule has 0 spiro atoms. The maximum atomic E-state index is 5.36. The normalized spacial score (nSPS) is 23.8. The first-order valence-electron chi connectivity index (χ1n) is 5.00. The van der Waals surface area contributed by atoms with Gasteiger partial charge in [0.2, 0.25) is 0 Å². The van der Waals surface area contributed by atoms with Crippen LogP contribution in [0.5, 0.6) is 0 Å². The Morgan fingerprint density at radius 3 is 2.85 bits per heavy atom. The summed E-state index contributed by atoms with van der Waals surface area (Å²) in [4.78, 5) is 0. The highest BCUT2D eigenvalue weighted by atomic mass is 32.2. The number of nitrogens with one attached hydrogen (secondary N) is 1. The van der Waals surface area contributed by atoms with Gasteiger partial charge in [-0.05, 0) is 39.0 Å². The summed E-state index contributed by atoms with van der Waals surface area (Å²) in [6.45, 7) is 5.35. The van der Waals surface area contributed by atoms with E-state index >= 15 is 0 Å². The first kappa shape index (κ1) is 11.3. The molecule has 1 atom stereocenters. The van der Waals surface area contributed by atoms with Crippen LogP contribution in [0.2, 0.25) is 0 Å². The van der Waals surface area contributed by atoms with Gasteiger partial charge in [0.05, 0.1) is 5.60 Å². The maximum absolute atomic E-state index is 5.36. The van der Waals surface area contributed by atoms with E-state index in [0.717, 1.165) is 19.0 Å². The molecule has 13 heavy (non-hydrogen) atoms. The topological polar surface area (TPSA) is 21.3 Å². The molecule has 1 aliphatic heterocycles. The summed E-state index contributed by atoms with van der Waals surface area (Å²) in [5, 5.41) is 3.57. The lowest BCUT2D eigenvalue weighted by atomic mass is 10.1. The molecule has 0 amide bonds. The van der Waals surface area contributed by atoms with Gasteiger partial charge in [-0.1, -0.05) is 0 Å². The van der Waals surface area contributed by atoms with Gasteiger partial charge in [-0.2, -0.15) is 11.8 Å². The van der Waals surface area contributed by atoms with Gasteiger partial charge in [0, 0.05) is 18.9 Å². The molecule has 1 fully saturated rings. The number of ether oxygens (including phenoxy) is 1. The quantitative estimate of drug-likeness (QED) is 0.737. The number of methoxy groups -OCH3 is 1. The summed E-state index contributed by atoms with van der Waals surface area (Å²) in [7, 11) is 1.78. The molecule has 0 aromatic heterocycles. The Morgan fingerprint density at radius 1 is 1.54 bits per heavy atom. The summed E-state index contributed by atoms with van der Waals surface area (Å²) in [6.07, 6.45) is 2.42. The third-order valence-corrected chi connectivity index (χ3v) is 3.80. The van der Waals surface area contributed by atoms with Crippen molar-refractivity contribution < 1.29 is 4.74 Å². The molecule has 1 aliphatic rings. The monoisotopic (exact) mass is 203 g/mol. The van der Waals surface area contributed by atoms with Crippen LogP contribution in [0, 0.1) is 0 Å². The van der Waals surface area contributed by atoms with E-state index in [2.05, 4.69) is 30.9 Å². The number of thioether (sulfide) groups is 1. The lowest BCUT2D eigenvalue weighted by Crippen LogP contribution is -2.34. The van der Waals surface area contributed by atoms with E-state index in [-0.39, 0.29) is 5.60 Å². The molecule has 0 aromatic rings. The molecule has 0 aliphatic carbocycles. The smallest absolute Gasteiger partial charge is 0.0634 e. The second-order valence-electron chi connectivity index (χ2n) is 4.23. The fourth-order valence-electron chi connectivity index (χ4n) is 1.37. The van der Waals surface area contributed by atoms with Crippen molar-refractivity contribution in [1.82, 2.24) is 5.32 Å². The molecule has 78 valence electrons. The van der Waals surface area contributed by atoms with Gasteiger partial charge in [0.1, 0.15) is 0 Å². The minimum atomic E-state index is 0.0265. The highest BCUT2D eigenvalue weighted by Crippen LogP contribution is 2.18. The van der Waals surface area contributed by atoms with Crippen molar-refractivity contribution in [3.63, 3.8) is 0 Å². The van der Waals surface area contributed by atoms with Crippen LogP contribution in [-0.2, 0) is 4.74 Å².